The lowest BCUT2D eigenvalue weighted by Crippen LogP contribution is -2.34. The number of hydrogen-bond acceptors (Lipinski definition) is 1. The molecule has 8 unspecified atom stereocenters. The van der Waals surface area contributed by atoms with Gasteiger partial charge in [0.25, 0.3) is 6.08 Å². The number of carbonyl (C=O) groups is 1. The van der Waals surface area contributed by atoms with Gasteiger partial charge in [0.2, 0.25) is 0 Å². The number of rotatable bonds is 8. The summed E-state index contributed by atoms with van der Waals surface area (Å²) in [6.07, 6.45) is 34.0. The quantitative estimate of drug-likeness (QED) is 0.249. The molecule has 3 heteroatoms. The van der Waals surface area contributed by atoms with E-state index >= 15 is 0 Å². The minimum atomic E-state index is -1.47. The maximum absolute atomic E-state index is 12.5. The smallest absolute Gasteiger partial charge is 0.266 e. The van der Waals surface area contributed by atoms with Crippen molar-refractivity contribution in [3.05, 3.63) is 12.2 Å². The summed E-state index contributed by atoms with van der Waals surface area (Å²) in [5, 5.41) is 0. The Balaban J connectivity index is 0.000000175. The van der Waals surface area contributed by atoms with Gasteiger partial charge < -0.3 is 4.79 Å². The zero-order chi connectivity index (χ0) is 30.9. The van der Waals surface area contributed by atoms with Gasteiger partial charge in [0.15, 0.2) is 0 Å². The molecule has 8 atom stereocenters. The minimum Gasteiger partial charge on any atom is -0.303 e. The van der Waals surface area contributed by atoms with Crippen molar-refractivity contribution in [2.75, 3.05) is 0 Å². The third-order valence-electron chi connectivity index (χ3n) is 14.5. The molecule has 0 aromatic rings. The van der Waals surface area contributed by atoms with E-state index < -0.39 is 6.08 Å². The van der Waals surface area contributed by atoms with E-state index in [9.17, 15) is 13.6 Å². The lowest BCUT2D eigenvalue weighted by atomic mass is 9.61. The van der Waals surface area contributed by atoms with Gasteiger partial charge in [-0.15, -0.1) is 0 Å². The normalized spacial score (nSPS) is 42.5. The molecular formula is C41H68F2O. The molecule has 0 bridgehead atoms. The number of halogens is 2. The van der Waals surface area contributed by atoms with Crippen molar-refractivity contribution in [1.82, 2.24) is 0 Å². The Morgan fingerprint density at radius 3 is 1.23 bits per heavy atom. The molecule has 0 aromatic carbocycles. The van der Waals surface area contributed by atoms with Crippen molar-refractivity contribution in [3.63, 3.8) is 0 Å². The van der Waals surface area contributed by atoms with Crippen molar-refractivity contribution in [1.29, 1.82) is 0 Å². The highest BCUT2D eigenvalue weighted by Gasteiger charge is 2.40. The average molecular weight is 615 g/mol. The molecule has 0 heterocycles. The van der Waals surface area contributed by atoms with Crippen LogP contribution >= 0.6 is 0 Å². The molecule has 0 spiro atoms. The van der Waals surface area contributed by atoms with Crippen molar-refractivity contribution in [2.24, 2.45) is 71.0 Å². The second kappa shape index (κ2) is 17.4. The van der Waals surface area contributed by atoms with E-state index in [1.807, 2.05) is 0 Å². The lowest BCUT2D eigenvalue weighted by molar-refractivity contribution is -0.113. The first-order valence-corrected chi connectivity index (χ1v) is 19.9. The Kier molecular flexibility index (Phi) is 13.7. The molecule has 0 aromatic heterocycles. The average Bonchev–Trinajstić information content (AvgIpc) is 3.05. The first-order chi connectivity index (χ1) is 21.4. The molecule has 0 saturated heterocycles. The number of allylic oxidation sites excluding steroid dienone is 1. The van der Waals surface area contributed by atoms with Crippen LogP contribution in [0.25, 0.3) is 0 Å². The SMILES string of the molecule is CCCC1CCC(C2CCC3CC(C=C(F)F)CCC3C2)CC1.CCCC1CCC(C2CCC3CC(C=O)CCC3C2)CC1. The number of fused-ring (bicyclic) bond motifs is 2. The van der Waals surface area contributed by atoms with E-state index in [-0.39, 0.29) is 5.92 Å². The summed E-state index contributed by atoms with van der Waals surface area (Å²) in [4.78, 5) is 11.0. The molecule has 0 amide bonds. The summed E-state index contributed by atoms with van der Waals surface area (Å²) in [5.41, 5.74) is 0. The van der Waals surface area contributed by atoms with Crippen LogP contribution in [0.4, 0.5) is 8.78 Å². The molecule has 6 aliphatic rings. The van der Waals surface area contributed by atoms with Crippen molar-refractivity contribution >= 4 is 6.29 Å². The molecule has 0 radical (unpaired) electrons. The van der Waals surface area contributed by atoms with Gasteiger partial charge in [0.1, 0.15) is 6.29 Å². The van der Waals surface area contributed by atoms with Crippen LogP contribution in [-0.4, -0.2) is 6.29 Å². The molecule has 6 aliphatic carbocycles. The maximum Gasteiger partial charge on any atom is 0.266 e. The minimum absolute atomic E-state index is 0.155. The fourth-order valence-corrected chi connectivity index (χ4v) is 11.9. The fourth-order valence-electron chi connectivity index (χ4n) is 11.9. The highest BCUT2D eigenvalue weighted by atomic mass is 19.3. The Morgan fingerprint density at radius 2 is 0.818 bits per heavy atom. The summed E-state index contributed by atoms with van der Waals surface area (Å²) in [6, 6.07) is 0. The maximum atomic E-state index is 12.5. The fraction of sp³-hybridized carbons (Fsp3) is 0.927. The highest BCUT2D eigenvalue weighted by molar-refractivity contribution is 5.53. The highest BCUT2D eigenvalue weighted by Crippen LogP contribution is 2.51. The Bertz CT molecular complexity index is 864. The lowest BCUT2D eigenvalue weighted by Gasteiger charge is -2.45. The van der Waals surface area contributed by atoms with Crippen molar-refractivity contribution in [3.8, 4) is 0 Å². The van der Waals surface area contributed by atoms with Gasteiger partial charge in [-0.05, 0) is 174 Å². The number of aldehydes is 1. The molecule has 6 rings (SSSR count). The standard InChI is InChI=1S/C21H34F2.C20H34O/c1-2-3-15-4-7-17(8-5-15)19-11-10-18-12-16(13-21(22)23)6-9-20(18)14-19;1-2-3-15-4-7-17(8-5-15)19-11-10-18-12-16(14-21)6-9-20(18)13-19/h13,15-20H,2-12,14H2,1H3;14-20H,2-13H2,1H3. The van der Waals surface area contributed by atoms with Crippen LogP contribution in [0, 0.1) is 71.0 Å². The Hall–Kier alpha value is -0.730. The van der Waals surface area contributed by atoms with E-state index in [1.54, 1.807) is 0 Å². The molecular weight excluding hydrogens is 546 g/mol. The topological polar surface area (TPSA) is 17.1 Å². The van der Waals surface area contributed by atoms with Gasteiger partial charge in [-0.2, -0.15) is 8.78 Å². The predicted octanol–water partition coefficient (Wildman–Crippen LogP) is 12.8. The van der Waals surface area contributed by atoms with E-state index in [0.29, 0.717) is 5.92 Å². The molecule has 252 valence electrons. The molecule has 6 fully saturated rings. The Morgan fingerprint density at radius 1 is 0.477 bits per heavy atom. The van der Waals surface area contributed by atoms with Crippen LogP contribution in [0.15, 0.2) is 12.2 Å². The van der Waals surface area contributed by atoms with Gasteiger partial charge >= 0.3 is 0 Å². The molecule has 0 N–H and O–H groups in total. The van der Waals surface area contributed by atoms with Gasteiger partial charge in [-0.25, -0.2) is 0 Å². The summed E-state index contributed by atoms with van der Waals surface area (Å²) in [6.45, 7) is 4.65. The largest absolute Gasteiger partial charge is 0.303 e. The summed E-state index contributed by atoms with van der Waals surface area (Å²) >= 11 is 0. The van der Waals surface area contributed by atoms with Gasteiger partial charge in [0, 0.05) is 5.92 Å². The Labute approximate surface area is 270 Å². The molecule has 0 aliphatic heterocycles. The van der Waals surface area contributed by atoms with Crippen LogP contribution in [0.1, 0.15) is 168 Å². The third-order valence-corrected chi connectivity index (χ3v) is 14.5. The van der Waals surface area contributed by atoms with Crippen LogP contribution in [0.3, 0.4) is 0 Å². The zero-order valence-electron chi connectivity index (χ0n) is 28.7. The number of carbonyl (C=O) groups excluding carboxylic acids is 1. The molecule has 6 saturated carbocycles. The summed E-state index contributed by atoms with van der Waals surface area (Å²) in [7, 11) is 0. The van der Waals surface area contributed by atoms with Crippen LogP contribution in [0.5, 0.6) is 0 Å². The second-order valence-electron chi connectivity index (χ2n) is 17.1. The number of hydrogen-bond donors (Lipinski definition) is 0. The third kappa shape index (κ3) is 9.65. The molecule has 1 nitrogen and oxygen atoms in total. The predicted molar refractivity (Wildman–Crippen MR) is 180 cm³/mol. The van der Waals surface area contributed by atoms with Crippen LogP contribution < -0.4 is 0 Å². The van der Waals surface area contributed by atoms with Crippen molar-refractivity contribution < 1.29 is 13.6 Å². The second-order valence-corrected chi connectivity index (χ2v) is 17.1. The first-order valence-electron chi connectivity index (χ1n) is 19.9. The van der Waals surface area contributed by atoms with E-state index in [2.05, 4.69) is 13.8 Å². The van der Waals surface area contributed by atoms with Gasteiger partial charge in [-0.1, -0.05) is 65.2 Å². The van der Waals surface area contributed by atoms with Crippen LogP contribution in [0.2, 0.25) is 0 Å². The van der Waals surface area contributed by atoms with E-state index in [1.165, 1.54) is 154 Å². The van der Waals surface area contributed by atoms with Gasteiger partial charge in [0.05, 0.1) is 0 Å². The monoisotopic (exact) mass is 615 g/mol. The van der Waals surface area contributed by atoms with E-state index in [0.717, 1.165) is 72.0 Å². The van der Waals surface area contributed by atoms with Gasteiger partial charge in [-0.3, -0.25) is 0 Å². The van der Waals surface area contributed by atoms with Crippen molar-refractivity contribution in [2.45, 2.75) is 168 Å². The zero-order valence-corrected chi connectivity index (χ0v) is 28.7. The van der Waals surface area contributed by atoms with Crippen LogP contribution in [-0.2, 0) is 4.79 Å². The van der Waals surface area contributed by atoms with E-state index in [4.69, 9.17) is 0 Å². The first kappa shape index (κ1) is 34.6. The summed E-state index contributed by atoms with van der Waals surface area (Å²) < 4.78 is 25.0. The molecule has 44 heavy (non-hydrogen) atoms. The summed E-state index contributed by atoms with van der Waals surface area (Å²) in [5.74, 6) is 10.0.